The van der Waals surface area contributed by atoms with E-state index in [2.05, 4.69) is 4.52 Å². The summed E-state index contributed by atoms with van der Waals surface area (Å²) in [4.78, 5) is 7.73. The highest BCUT2D eigenvalue weighted by Crippen LogP contribution is 2.14. The predicted molar refractivity (Wildman–Crippen MR) is 20.5 cm³/mol. The Balaban J connectivity index is 3.13. The molecule has 0 fully saturated rings. The number of hydrogen-bond acceptors (Lipinski definition) is 4. The van der Waals surface area contributed by atoms with E-state index in [4.69, 9.17) is 15.1 Å². The molecule has 0 rings (SSSR count). The quantitative estimate of drug-likeness (QED) is 0.316. The Morgan fingerprint density at radius 2 is 2.00 bits per heavy atom. The van der Waals surface area contributed by atoms with Crippen LogP contribution in [0.2, 0.25) is 0 Å². The van der Waals surface area contributed by atoms with Crippen LogP contribution >= 0.6 is 8.25 Å². The zero-order valence-electron chi connectivity index (χ0n) is 3.24. The maximum absolute atomic E-state index is 9.45. The summed E-state index contributed by atoms with van der Waals surface area (Å²) < 4.78 is 12.9. The zero-order chi connectivity index (χ0) is 5.86. The fourth-order valence-electron chi connectivity index (χ4n) is 0.0902. The highest BCUT2D eigenvalue weighted by molar-refractivity contribution is 7.32. The molecule has 6 heteroatoms. The van der Waals surface area contributed by atoms with Gasteiger partial charge in [-0.2, -0.15) is 0 Å². The van der Waals surface area contributed by atoms with Crippen LogP contribution in [-0.2, 0) is 9.09 Å². The molecule has 44 valence electrons. The molecule has 0 aromatic rings. The van der Waals surface area contributed by atoms with Crippen molar-refractivity contribution in [2.24, 2.45) is 0 Å². The van der Waals surface area contributed by atoms with Gasteiger partial charge in [-0.1, -0.05) is 0 Å². The maximum atomic E-state index is 9.45. The van der Waals surface area contributed by atoms with Gasteiger partial charge in [0.1, 0.15) is 0 Å². The third kappa shape index (κ3) is 6.07. The topological polar surface area (TPSA) is 87.0 Å². The normalized spacial score (nSPS) is 14.9. The summed E-state index contributed by atoms with van der Waals surface area (Å²) in [6, 6.07) is 0. The summed E-state index contributed by atoms with van der Waals surface area (Å²) >= 11 is 0. The van der Waals surface area contributed by atoms with Crippen molar-refractivity contribution < 1.29 is 24.2 Å². The minimum atomic E-state index is -3.18. The molecule has 0 saturated heterocycles. The van der Waals surface area contributed by atoms with Crippen LogP contribution < -0.4 is 0 Å². The second-order valence-corrected chi connectivity index (χ2v) is 1.48. The van der Waals surface area contributed by atoms with Gasteiger partial charge >= 0.3 is 8.25 Å². The van der Waals surface area contributed by atoms with Gasteiger partial charge in [0.25, 0.3) is 6.48 Å². The first-order chi connectivity index (χ1) is 3.13. The zero-order valence-corrected chi connectivity index (χ0v) is 4.24. The molecule has 1 unspecified atom stereocenters. The lowest BCUT2D eigenvalue weighted by Crippen LogP contribution is -2.03. The third-order valence-corrected chi connectivity index (χ3v) is 0.619. The van der Waals surface area contributed by atoms with Crippen molar-refractivity contribution in [1.29, 1.82) is 0 Å². The van der Waals surface area contributed by atoms with Crippen LogP contribution in [0.4, 0.5) is 0 Å². The van der Waals surface area contributed by atoms with Crippen molar-refractivity contribution >= 4 is 8.25 Å². The first kappa shape index (κ1) is 7.07. The smallest absolute Gasteiger partial charge is 0.320 e. The van der Waals surface area contributed by atoms with Crippen molar-refractivity contribution in [1.82, 2.24) is 0 Å². The molecule has 0 aromatic carbocycles. The molecule has 7 heavy (non-hydrogen) atoms. The van der Waals surface area contributed by atoms with Gasteiger partial charge in [-0.15, -0.1) is 0 Å². The standard InChI is InChI=1S/CH5O5P/c2-1(3)6-7(4)5/h1-3,7H,(H,4,5). The summed E-state index contributed by atoms with van der Waals surface area (Å²) in [5.74, 6) is 0. The highest BCUT2D eigenvalue weighted by atomic mass is 31.1. The van der Waals surface area contributed by atoms with Crippen molar-refractivity contribution in [2.75, 3.05) is 0 Å². The minimum Gasteiger partial charge on any atom is -0.346 e. The second kappa shape index (κ2) is 3.12. The van der Waals surface area contributed by atoms with Gasteiger partial charge < -0.3 is 15.1 Å². The molecule has 0 spiro atoms. The van der Waals surface area contributed by atoms with Gasteiger partial charge in [0.15, 0.2) is 0 Å². The van der Waals surface area contributed by atoms with E-state index in [1.807, 2.05) is 0 Å². The number of aliphatic hydroxyl groups is 2. The summed E-state index contributed by atoms with van der Waals surface area (Å²) in [7, 11) is -3.18. The van der Waals surface area contributed by atoms with E-state index < -0.39 is 14.7 Å². The Hall–Kier alpha value is 0.0700. The molecule has 0 amide bonds. The maximum Gasteiger partial charge on any atom is 0.320 e. The molecule has 5 nitrogen and oxygen atoms in total. The van der Waals surface area contributed by atoms with Crippen molar-refractivity contribution in [3.05, 3.63) is 0 Å². The molecule has 0 aliphatic rings. The summed E-state index contributed by atoms with van der Waals surface area (Å²) in [5.41, 5.74) is 0. The fourth-order valence-corrected chi connectivity index (χ4v) is 0.271. The molecule has 0 bridgehead atoms. The van der Waals surface area contributed by atoms with E-state index in [1.165, 1.54) is 0 Å². The Labute approximate surface area is 40.1 Å². The van der Waals surface area contributed by atoms with Crippen LogP contribution in [0.1, 0.15) is 0 Å². The second-order valence-electron chi connectivity index (χ2n) is 0.710. The van der Waals surface area contributed by atoms with Crippen molar-refractivity contribution in [3.63, 3.8) is 0 Å². The van der Waals surface area contributed by atoms with Gasteiger partial charge in [0.05, 0.1) is 0 Å². The van der Waals surface area contributed by atoms with Crippen molar-refractivity contribution in [3.8, 4) is 0 Å². The third-order valence-electron chi connectivity index (χ3n) is 0.206. The molecule has 0 aliphatic carbocycles. The molecular weight excluding hydrogens is 123 g/mol. The van der Waals surface area contributed by atoms with Gasteiger partial charge in [-0.05, 0) is 0 Å². The Bertz CT molecular complexity index is 68.5. The van der Waals surface area contributed by atoms with Gasteiger partial charge in [-0.3, -0.25) is 9.09 Å². The van der Waals surface area contributed by atoms with E-state index in [-0.39, 0.29) is 0 Å². The summed E-state index contributed by atoms with van der Waals surface area (Å²) in [6.45, 7) is -2.14. The van der Waals surface area contributed by atoms with Gasteiger partial charge in [-0.25, -0.2) is 0 Å². The predicted octanol–water partition coefficient (Wildman–Crippen LogP) is -1.35. The molecule has 0 aliphatic heterocycles. The summed E-state index contributed by atoms with van der Waals surface area (Å²) in [5, 5.41) is 15.4. The first-order valence-electron chi connectivity index (χ1n) is 1.38. The van der Waals surface area contributed by atoms with Crippen LogP contribution in [-0.4, -0.2) is 21.6 Å². The largest absolute Gasteiger partial charge is 0.346 e. The van der Waals surface area contributed by atoms with E-state index in [0.29, 0.717) is 0 Å². The van der Waals surface area contributed by atoms with Crippen LogP contribution in [0.5, 0.6) is 0 Å². The van der Waals surface area contributed by atoms with E-state index in [9.17, 15) is 4.57 Å². The van der Waals surface area contributed by atoms with Crippen LogP contribution in [0.25, 0.3) is 0 Å². The molecule has 3 N–H and O–H groups in total. The van der Waals surface area contributed by atoms with Crippen molar-refractivity contribution in [2.45, 2.75) is 6.48 Å². The lowest BCUT2D eigenvalue weighted by Gasteiger charge is -1.97. The Kier molecular flexibility index (Phi) is 3.15. The molecule has 0 radical (unpaired) electrons. The summed E-state index contributed by atoms with van der Waals surface area (Å²) in [6.07, 6.45) is 0. The van der Waals surface area contributed by atoms with Gasteiger partial charge in [0.2, 0.25) is 0 Å². The molecule has 1 atom stereocenters. The first-order valence-corrected chi connectivity index (χ1v) is 2.65. The Morgan fingerprint density at radius 1 is 1.57 bits per heavy atom. The monoisotopic (exact) mass is 128 g/mol. The average molecular weight is 128 g/mol. The minimum absolute atomic E-state index is 2.14. The molecule has 0 heterocycles. The lowest BCUT2D eigenvalue weighted by atomic mass is 11.4. The molecule has 0 aromatic heterocycles. The average Bonchev–Trinajstić information content (AvgIpc) is 1.27. The highest BCUT2D eigenvalue weighted by Gasteiger charge is 1.97. The Morgan fingerprint density at radius 3 is 2.00 bits per heavy atom. The van der Waals surface area contributed by atoms with Crippen LogP contribution in [0.15, 0.2) is 0 Å². The van der Waals surface area contributed by atoms with Gasteiger partial charge in [0, 0.05) is 0 Å². The van der Waals surface area contributed by atoms with Crippen LogP contribution in [0.3, 0.4) is 0 Å². The lowest BCUT2D eigenvalue weighted by molar-refractivity contribution is -0.179. The van der Waals surface area contributed by atoms with Crippen LogP contribution in [0, 0.1) is 0 Å². The number of rotatable bonds is 2. The van der Waals surface area contributed by atoms with E-state index in [1.54, 1.807) is 0 Å². The SMILES string of the molecule is O=[PH](O)OC(O)O. The van der Waals surface area contributed by atoms with E-state index in [0.717, 1.165) is 0 Å². The molecule has 0 saturated carbocycles. The number of hydrogen-bond donors (Lipinski definition) is 3. The van der Waals surface area contributed by atoms with E-state index >= 15 is 0 Å². The number of aliphatic hydroxyl groups excluding tert-OH is 1. The molecular formula is CH5O5P. The fraction of sp³-hybridized carbons (Fsp3) is 1.00.